The van der Waals surface area contributed by atoms with Crippen molar-refractivity contribution in [2.45, 2.75) is 11.8 Å². The first-order valence-electron chi connectivity index (χ1n) is 5.22. The molecule has 0 bridgehead atoms. The van der Waals surface area contributed by atoms with E-state index < -0.39 is 0 Å². The first-order valence-corrected chi connectivity index (χ1v) is 5.22. The van der Waals surface area contributed by atoms with Crippen LogP contribution in [0, 0.1) is 5.82 Å². The zero-order valence-corrected chi connectivity index (χ0v) is 8.91. The van der Waals surface area contributed by atoms with Crippen LogP contribution in [0.2, 0.25) is 0 Å². The lowest BCUT2D eigenvalue weighted by atomic mass is 9.80. The van der Waals surface area contributed by atoms with Gasteiger partial charge in [0.15, 0.2) is 0 Å². The van der Waals surface area contributed by atoms with E-state index in [0.29, 0.717) is 0 Å². The van der Waals surface area contributed by atoms with Crippen molar-refractivity contribution in [3.05, 3.63) is 35.6 Å². The Morgan fingerprint density at radius 3 is 2.87 bits per heavy atom. The van der Waals surface area contributed by atoms with Gasteiger partial charge in [-0.1, -0.05) is 12.1 Å². The summed E-state index contributed by atoms with van der Waals surface area (Å²) in [5, 5.41) is 9.53. The van der Waals surface area contributed by atoms with Crippen LogP contribution in [0.25, 0.3) is 0 Å². The van der Waals surface area contributed by atoms with Gasteiger partial charge in [0.25, 0.3) is 0 Å². The van der Waals surface area contributed by atoms with Crippen LogP contribution in [0.4, 0.5) is 4.39 Å². The fourth-order valence-electron chi connectivity index (χ4n) is 2.35. The molecule has 1 heterocycles. The van der Waals surface area contributed by atoms with Crippen LogP contribution in [-0.2, 0) is 5.41 Å². The summed E-state index contributed by atoms with van der Waals surface area (Å²) in [5.41, 5.74) is 0.644. The molecule has 1 unspecified atom stereocenters. The molecule has 1 saturated heterocycles. The number of nitrogens with zero attached hydrogens (tertiary/aromatic N) is 1. The van der Waals surface area contributed by atoms with Crippen LogP contribution in [0.3, 0.4) is 0 Å². The number of hydrogen-bond acceptors (Lipinski definition) is 2. The Morgan fingerprint density at radius 2 is 2.33 bits per heavy atom. The smallest absolute Gasteiger partial charge is 0.123 e. The highest BCUT2D eigenvalue weighted by molar-refractivity contribution is 5.28. The summed E-state index contributed by atoms with van der Waals surface area (Å²) in [4.78, 5) is 2.17. The lowest BCUT2D eigenvalue weighted by molar-refractivity contribution is 0.195. The summed E-state index contributed by atoms with van der Waals surface area (Å²) < 4.78 is 13.1. The number of aliphatic hydroxyl groups is 1. The third-order valence-corrected chi connectivity index (χ3v) is 3.28. The third-order valence-electron chi connectivity index (χ3n) is 3.28. The highest BCUT2D eigenvalue weighted by Crippen LogP contribution is 2.33. The average Bonchev–Trinajstić information content (AvgIpc) is 2.61. The fourth-order valence-corrected chi connectivity index (χ4v) is 2.35. The van der Waals surface area contributed by atoms with Gasteiger partial charge in [0.2, 0.25) is 0 Å². The van der Waals surface area contributed by atoms with Crippen molar-refractivity contribution in [1.29, 1.82) is 0 Å². The van der Waals surface area contributed by atoms with Gasteiger partial charge in [-0.2, -0.15) is 0 Å². The van der Waals surface area contributed by atoms with Gasteiger partial charge >= 0.3 is 0 Å². The molecule has 0 amide bonds. The van der Waals surface area contributed by atoms with E-state index in [2.05, 4.69) is 4.90 Å². The molecule has 2 rings (SSSR count). The van der Waals surface area contributed by atoms with Crippen molar-refractivity contribution >= 4 is 0 Å². The number of benzene rings is 1. The normalized spacial score (nSPS) is 27.1. The van der Waals surface area contributed by atoms with Gasteiger partial charge in [0.1, 0.15) is 5.82 Å². The second-order valence-corrected chi connectivity index (χ2v) is 4.44. The number of rotatable bonds is 2. The minimum absolute atomic E-state index is 0.0841. The maximum atomic E-state index is 13.1. The molecular weight excluding hydrogens is 193 g/mol. The summed E-state index contributed by atoms with van der Waals surface area (Å²) in [7, 11) is 2.02. The van der Waals surface area contributed by atoms with Crippen LogP contribution >= 0.6 is 0 Å². The van der Waals surface area contributed by atoms with Gasteiger partial charge < -0.3 is 10.0 Å². The largest absolute Gasteiger partial charge is 0.395 e. The molecule has 0 radical (unpaired) electrons. The molecule has 1 fully saturated rings. The molecular formula is C12H16FNO. The molecule has 0 aromatic heterocycles. The number of hydrogen-bond donors (Lipinski definition) is 1. The van der Waals surface area contributed by atoms with Crippen LogP contribution < -0.4 is 0 Å². The predicted molar refractivity (Wildman–Crippen MR) is 57.3 cm³/mol. The highest BCUT2D eigenvalue weighted by Gasteiger charge is 2.37. The van der Waals surface area contributed by atoms with E-state index in [9.17, 15) is 9.50 Å². The topological polar surface area (TPSA) is 23.5 Å². The molecule has 1 aliphatic rings. The number of aliphatic hydroxyl groups excluding tert-OH is 1. The van der Waals surface area contributed by atoms with Crippen molar-refractivity contribution < 1.29 is 9.50 Å². The van der Waals surface area contributed by atoms with E-state index in [0.717, 1.165) is 25.1 Å². The number of halogens is 1. The summed E-state index contributed by atoms with van der Waals surface area (Å²) in [6.07, 6.45) is 0.892. The number of likely N-dealkylation sites (N-methyl/N-ethyl adjacent to an activating group) is 1. The predicted octanol–water partition coefficient (Wildman–Crippen LogP) is 1.39. The van der Waals surface area contributed by atoms with Gasteiger partial charge in [-0.15, -0.1) is 0 Å². The summed E-state index contributed by atoms with van der Waals surface area (Å²) in [6, 6.07) is 6.58. The Kier molecular flexibility index (Phi) is 2.76. The van der Waals surface area contributed by atoms with Gasteiger partial charge in [-0.05, 0) is 37.7 Å². The third kappa shape index (κ3) is 1.90. The van der Waals surface area contributed by atoms with E-state index in [1.54, 1.807) is 6.07 Å². The quantitative estimate of drug-likeness (QED) is 0.795. The maximum absolute atomic E-state index is 13.1. The monoisotopic (exact) mass is 209 g/mol. The lowest BCUT2D eigenvalue weighted by Crippen LogP contribution is -2.33. The molecule has 1 atom stereocenters. The fraction of sp³-hybridized carbons (Fsp3) is 0.500. The molecule has 1 aromatic rings. The minimum Gasteiger partial charge on any atom is -0.395 e. The van der Waals surface area contributed by atoms with Crippen molar-refractivity contribution in [2.75, 3.05) is 26.7 Å². The Hall–Kier alpha value is -0.930. The Morgan fingerprint density at radius 1 is 1.53 bits per heavy atom. The van der Waals surface area contributed by atoms with E-state index in [1.807, 2.05) is 13.1 Å². The second kappa shape index (κ2) is 3.91. The molecule has 1 aliphatic heterocycles. The molecule has 2 nitrogen and oxygen atoms in total. The van der Waals surface area contributed by atoms with Gasteiger partial charge in [0, 0.05) is 12.0 Å². The van der Waals surface area contributed by atoms with Gasteiger partial charge in [-0.25, -0.2) is 4.39 Å². The molecule has 15 heavy (non-hydrogen) atoms. The second-order valence-electron chi connectivity index (χ2n) is 4.44. The van der Waals surface area contributed by atoms with Gasteiger partial charge in [0.05, 0.1) is 6.61 Å². The number of likely N-dealkylation sites (tertiary alicyclic amines) is 1. The standard InChI is InChI=1S/C12H16FNO/c1-14-6-5-12(8-14,9-15)10-3-2-4-11(13)7-10/h2-4,7,15H,5-6,8-9H2,1H3. The Balaban J connectivity index is 2.34. The molecule has 1 aromatic carbocycles. The summed E-state index contributed by atoms with van der Waals surface area (Å²) in [6.45, 7) is 1.84. The van der Waals surface area contributed by atoms with E-state index >= 15 is 0 Å². The molecule has 3 heteroatoms. The zero-order chi connectivity index (χ0) is 10.9. The van der Waals surface area contributed by atoms with Crippen molar-refractivity contribution in [3.63, 3.8) is 0 Å². The van der Waals surface area contributed by atoms with Crippen LogP contribution in [-0.4, -0.2) is 36.8 Å². The molecule has 82 valence electrons. The average molecular weight is 209 g/mol. The van der Waals surface area contributed by atoms with E-state index in [1.165, 1.54) is 12.1 Å². The van der Waals surface area contributed by atoms with Crippen LogP contribution in [0.15, 0.2) is 24.3 Å². The molecule has 1 N–H and O–H groups in total. The van der Waals surface area contributed by atoms with Crippen molar-refractivity contribution in [3.8, 4) is 0 Å². The molecule has 0 aliphatic carbocycles. The highest BCUT2D eigenvalue weighted by atomic mass is 19.1. The van der Waals surface area contributed by atoms with Crippen molar-refractivity contribution in [1.82, 2.24) is 4.90 Å². The Labute approximate surface area is 89.3 Å². The summed E-state index contributed by atoms with van der Waals surface area (Å²) in [5.74, 6) is -0.227. The minimum atomic E-state index is -0.267. The lowest BCUT2D eigenvalue weighted by Gasteiger charge is -2.27. The van der Waals surface area contributed by atoms with Crippen LogP contribution in [0.5, 0.6) is 0 Å². The van der Waals surface area contributed by atoms with E-state index in [-0.39, 0.29) is 17.8 Å². The van der Waals surface area contributed by atoms with Crippen LogP contribution in [0.1, 0.15) is 12.0 Å². The maximum Gasteiger partial charge on any atom is 0.123 e. The molecule has 0 saturated carbocycles. The first kappa shape index (κ1) is 10.6. The Bertz CT molecular complexity index is 355. The SMILES string of the molecule is CN1CCC(CO)(c2cccc(F)c2)C1. The van der Waals surface area contributed by atoms with E-state index in [4.69, 9.17) is 0 Å². The summed E-state index contributed by atoms with van der Waals surface area (Å²) >= 11 is 0. The zero-order valence-electron chi connectivity index (χ0n) is 8.91. The van der Waals surface area contributed by atoms with Gasteiger partial charge in [-0.3, -0.25) is 0 Å². The van der Waals surface area contributed by atoms with Crippen molar-refractivity contribution in [2.24, 2.45) is 0 Å². The molecule has 0 spiro atoms. The first-order chi connectivity index (χ1) is 7.16.